The third-order valence-corrected chi connectivity index (χ3v) is 9.44. The number of hydrogen-bond donors (Lipinski definition) is 0. The van der Waals surface area contributed by atoms with Crippen molar-refractivity contribution in [1.29, 1.82) is 0 Å². The molecule has 0 aliphatic heterocycles. The minimum absolute atomic E-state index is 0.724. The summed E-state index contributed by atoms with van der Waals surface area (Å²) in [6.07, 6.45) is 0. The topological polar surface area (TPSA) is 3.24 Å². The summed E-state index contributed by atoms with van der Waals surface area (Å²) in [6.45, 7) is 21.3. The van der Waals surface area contributed by atoms with Crippen molar-refractivity contribution >= 4 is 8.24 Å². The Balaban J connectivity index is 3.17. The second-order valence-corrected chi connectivity index (χ2v) is 10.4. The van der Waals surface area contributed by atoms with Gasteiger partial charge < -0.3 is 4.57 Å². The molecule has 98 valence electrons. The molecule has 0 aromatic carbocycles. The summed E-state index contributed by atoms with van der Waals surface area (Å²) in [4.78, 5) is 0. The van der Waals surface area contributed by atoms with Gasteiger partial charge in [0.1, 0.15) is 8.24 Å². The molecule has 0 heterocycles. The van der Waals surface area contributed by atoms with Crippen molar-refractivity contribution < 1.29 is 0 Å². The molecule has 2 heteroatoms. The van der Waals surface area contributed by atoms with Crippen LogP contribution in [0.15, 0.2) is 22.3 Å². The molecular weight excluding hydrogens is 222 g/mol. The van der Waals surface area contributed by atoms with Crippen molar-refractivity contribution in [2.45, 2.75) is 60.2 Å². The first-order valence-electron chi connectivity index (χ1n) is 6.89. The molecular formula is C15H29NSi. The van der Waals surface area contributed by atoms with Crippen LogP contribution in [-0.4, -0.2) is 25.9 Å². The van der Waals surface area contributed by atoms with Crippen LogP contribution in [0.2, 0.25) is 18.6 Å². The fraction of sp³-hybridized carbons (Fsp3) is 0.733. The fourth-order valence-corrected chi connectivity index (χ4v) is 8.18. The van der Waals surface area contributed by atoms with Crippen molar-refractivity contribution in [3.63, 3.8) is 0 Å². The Morgan fingerprint density at radius 1 is 0.882 bits per heavy atom. The van der Waals surface area contributed by atoms with E-state index in [2.05, 4.69) is 59.2 Å². The van der Waals surface area contributed by atoms with Crippen molar-refractivity contribution in [1.82, 2.24) is 4.57 Å². The van der Waals surface area contributed by atoms with Gasteiger partial charge in [0.25, 0.3) is 0 Å². The van der Waals surface area contributed by atoms with E-state index in [1.54, 1.807) is 22.3 Å². The number of rotatable bonds is 4. The fourth-order valence-electron chi connectivity index (χ4n) is 3.63. The van der Waals surface area contributed by atoms with E-state index >= 15 is 0 Å². The van der Waals surface area contributed by atoms with E-state index in [9.17, 15) is 0 Å². The first-order valence-corrected chi connectivity index (χ1v) is 9.91. The van der Waals surface area contributed by atoms with E-state index in [0.717, 1.165) is 5.54 Å². The van der Waals surface area contributed by atoms with Gasteiger partial charge in [-0.15, -0.1) is 0 Å². The maximum Gasteiger partial charge on any atom is 0.133 e. The summed E-state index contributed by atoms with van der Waals surface area (Å²) in [5.74, 6) is 0. The summed E-state index contributed by atoms with van der Waals surface area (Å²) < 4.78 is 2.72. The predicted octanol–water partition coefficient (Wildman–Crippen LogP) is 4.59. The van der Waals surface area contributed by atoms with Gasteiger partial charge in [-0.1, -0.05) is 38.1 Å². The van der Waals surface area contributed by atoms with Gasteiger partial charge in [0.15, 0.2) is 0 Å². The van der Waals surface area contributed by atoms with E-state index in [-0.39, 0.29) is 0 Å². The lowest BCUT2D eigenvalue weighted by atomic mass is 10.1. The van der Waals surface area contributed by atoms with E-state index in [0.29, 0.717) is 0 Å². The molecule has 0 saturated carbocycles. The average Bonchev–Trinajstić information content (AvgIpc) is 2.45. The maximum absolute atomic E-state index is 2.72. The van der Waals surface area contributed by atoms with Gasteiger partial charge in [-0.2, -0.15) is 0 Å². The molecule has 0 atom stereocenters. The average molecular weight is 251 g/mol. The summed E-state index contributed by atoms with van der Waals surface area (Å²) in [7, 11) is -1.39. The van der Waals surface area contributed by atoms with Crippen LogP contribution >= 0.6 is 0 Å². The highest BCUT2D eigenvalue weighted by Crippen LogP contribution is 2.47. The van der Waals surface area contributed by atoms with Gasteiger partial charge in [0.2, 0.25) is 0 Å². The lowest BCUT2D eigenvalue weighted by Gasteiger charge is -2.41. The summed E-state index contributed by atoms with van der Waals surface area (Å²) in [5.41, 5.74) is 7.06. The van der Waals surface area contributed by atoms with Gasteiger partial charge >= 0.3 is 0 Å². The SMILES string of the molecule is CCN(CC)[Si](C)(C)C1C(C)=C(C)C(C)=C1C. The Kier molecular flexibility index (Phi) is 4.42. The van der Waals surface area contributed by atoms with Crippen LogP contribution in [0, 0.1) is 0 Å². The normalized spacial score (nSPS) is 18.9. The summed E-state index contributed by atoms with van der Waals surface area (Å²) in [5, 5.41) is 0. The lowest BCUT2D eigenvalue weighted by molar-refractivity contribution is 0.460. The third kappa shape index (κ3) is 2.30. The quantitative estimate of drug-likeness (QED) is 0.661. The Morgan fingerprint density at radius 2 is 1.24 bits per heavy atom. The van der Waals surface area contributed by atoms with E-state index in [4.69, 9.17) is 0 Å². The van der Waals surface area contributed by atoms with Crippen LogP contribution < -0.4 is 0 Å². The molecule has 0 amide bonds. The zero-order valence-electron chi connectivity index (χ0n) is 12.9. The highest BCUT2D eigenvalue weighted by atomic mass is 28.3. The van der Waals surface area contributed by atoms with E-state index in [1.165, 1.54) is 13.1 Å². The van der Waals surface area contributed by atoms with Gasteiger partial charge in [0.05, 0.1) is 0 Å². The van der Waals surface area contributed by atoms with Crippen LogP contribution in [0.25, 0.3) is 0 Å². The zero-order chi connectivity index (χ0) is 13.4. The van der Waals surface area contributed by atoms with Crippen molar-refractivity contribution in [3.8, 4) is 0 Å². The van der Waals surface area contributed by atoms with Crippen LogP contribution in [0.4, 0.5) is 0 Å². The highest BCUT2D eigenvalue weighted by Gasteiger charge is 2.41. The Morgan fingerprint density at radius 3 is 1.53 bits per heavy atom. The Labute approximate surface area is 109 Å². The number of allylic oxidation sites excluding steroid dienone is 4. The molecule has 1 nitrogen and oxygen atoms in total. The highest BCUT2D eigenvalue weighted by molar-refractivity contribution is 6.77. The van der Waals surface area contributed by atoms with Crippen LogP contribution in [0.3, 0.4) is 0 Å². The first-order chi connectivity index (χ1) is 7.78. The maximum atomic E-state index is 2.72. The minimum Gasteiger partial charge on any atom is -0.324 e. The standard InChI is InChI=1S/C15H29NSi/c1-9-16(10-2)17(7,8)15-13(5)11(3)12(4)14(15)6/h15H,9-10H2,1-8H3. The molecule has 0 spiro atoms. The van der Waals surface area contributed by atoms with Gasteiger partial charge in [-0.05, 0) is 51.9 Å². The second kappa shape index (κ2) is 5.11. The van der Waals surface area contributed by atoms with E-state index < -0.39 is 8.24 Å². The predicted molar refractivity (Wildman–Crippen MR) is 80.9 cm³/mol. The molecule has 0 unspecified atom stereocenters. The van der Waals surface area contributed by atoms with Crippen molar-refractivity contribution in [2.75, 3.05) is 13.1 Å². The largest absolute Gasteiger partial charge is 0.324 e. The molecule has 0 N–H and O–H groups in total. The molecule has 0 saturated heterocycles. The van der Waals surface area contributed by atoms with E-state index in [1.807, 2.05) is 0 Å². The monoisotopic (exact) mass is 251 g/mol. The van der Waals surface area contributed by atoms with Crippen molar-refractivity contribution in [3.05, 3.63) is 22.3 Å². The molecule has 1 aliphatic rings. The molecule has 17 heavy (non-hydrogen) atoms. The third-order valence-electron chi connectivity index (χ3n) is 4.90. The molecule has 1 rings (SSSR count). The molecule has 0 radical (unpaired) electrons. The molecule has 0 fully saturated rings. The smallest absolute Gasteiger partial charge is 0.133 e. The van der Waals surface area contributed by atoms with Crippen LogP contribution in [0.5, 0.6) is 0 Å². The van der Waals surface area contributed by atoms with Gasteiger partial charge in [-0.25, -0.2) is 0 Å². The number of nitrogens with zero attached hydrogens (tertiary/aromatic N) is 1. The number of hydrogen-bond acceptors (Lipinski definition) is 1. The summed E-state index contributed by atoms with van der Waals surface area (Å²) >= 11 is 0. The Hall–Kier alpha value is -0.343. The van der Waals surface area contributed by atoms with Crippen LogP contribution in [-0.2, 0) is 0 Å². The first kappa shape index (κ1) is 14.7. The summed E-state index contributed by atoms with van der Waals surface area (Å²) in [6, 6.07) is 0. The lowest BCUT2D eigenvalue weighted by Crippen LogP contribution is -2.52. The zero-order valence-corrected chi connectivity index (χ0v) is 13.9. The second-order valence-electron chi connectivity index (χ2n) is 5.87. The van der Waals surface area contributed by atoms with Crippen molar-refractivity contribution in [2.24, 2.45) is 0 Å². The molecule has 0 bridgehead atoms. The Bertz CT molecular complexity index is 335. The molecule has 1 aliphatic carbocycles. The van der Waals surface area contributed by atoms with Crippen LogP contribution in [0.1, 0.15) is 41.5 Å². The van der Waals surface area contributed by atoms with Gasteiger partial charge in [-0.3, -0.25) is 0 Å². The van der Waals surface area contributed by atoms with Gasteiger partial charge in [0, 0.05) is 5.54 Å². The minimum atomic E-state index is -1.39. The molecule has 0 aromatic heterocycles. The molecule has 0 aromatic rings.